The molecule has 0 fully saturated rings. The largest absolute Gasteiger partial charge is 0.396 e. The lowest BCUT2D eigenvalue weighted by Gasteiger charge is -2.18. The fraction of sp³-hybridized carbons (Fsp3) is 0.364. The van der Waals surface area contributed by atoms with Gasteiger partial charge in [-0.25, -0.2) is 0 Å². The second-order valence-electron chi connectivity index (χ2n) is 3.21. The van der Waals surface area contributed by atoms with E-state index < -0.39 is 0 Å². The van der Waals surface area contributed by atoms with E-state index >= 15 is 0 Å². The van der Waals surface area contributed by atoms with Gasteiger partial charge >= 0.3 is 0 Å². The second-order valence-corrected chi connectivity index (χ2v) is 3.21. The van der Waals surface area contributed by atoms with Crippen molar-refractivity contribution in [3.8, 4) is 0 Å². The number of carbonyl (C=O) groups is 1. The summed E-state index contributed by atoms with van der Waals surface area (Å²) in [6.45, 7) is 1.02. The molecule has 0 spiro atoms. The summed E-state index contributed by atoms with van der Waals surface area (Å²) in [6, 6.07) is 7.39. The Bertz CT molecular complexity index is 282. The highest BCUT2D eigenvalue weighted by Gasteiger charge is 1.99. The van der Waals surface area contributed by atoms with Gasteiger partial charge in [0.05, 0.1) is 0 Å². The molecular weight excluding hydrogens is 178 g/mol. The molecule has 3 heteroatoms. The fourth-order valence-electron chi connectivity index (χ4n) is 1.24. The molecular formula is C11H15NO2. The summed E-state index contributed by atoms with van der Waals surface area (Å²) < 4.78 is 0. The van der Waals surface area contributed by atoms with Crippen molar-refractivity contribution in [3.63, 3.8) is 0 Å². The van der Waals surface area contributed by atoms with Crippen molar-refractivity contribution in [2.45, 2.75) is 6.42 Å². The lowest BCUT2D eigenvalue weighted by molar-refractivity contribution is 0.112. The highest BCUT2D eigenvalue weighted by Crippen LogP contribution is 2.12. The first-order valence-corrected chi connectivity index (χ1v) is 4.65. The van der Waals surface area contributed by atoms with Gasteiger partial charge in [0.15, 0.2) is 0 Å². The van der Waals surface area contributed by atoms with E-state index in [-0.39, 0.29) is 6.61 Å². The van der Waals surface area contributed by atoms with E-state index in [9.17, 15) is 4.79 Å². The summed E-state index contributed by atoms with van der Waals surface area (Å²) in [4.78, 5) is 12.5. The predicted molar refractivity (Wildman–Crippen MR) is 56.8 cm³/mol. The van der Waals surface area contributed by atoms with E-state index in [1.165, 1.54) is 0 Å². The first-order valence-electron chi connectivity index (χ1n) is 4.65. The minimum atomic E-state index is 0.205. The molecule has 0 atom stereocenters. The van der Waals surface area contributed by atoms with Crippen LogP contribution in [0.5, 0.6) is 0 Å². The molecule has 1 N–H and O–H groups in total. The van der Waals surface area contributed by atoms with Crippen molar-refractivity contribution in [2.75, 3.05) is 25.1 Å². The van der Waals surface area contributed by atoms with E-state index in [1.807, 2.05) is 24.1 Å². The highest BCUT2D eigenvalue weighted by atomic mass is 16.3. The van der Waals surface area contributed by atoms with Crippen molar-refractivity contribution in [1.29, 1.82) is 0 Å². The van der Waals surface area contributed by atoms with Gasteiger partial charge in [-0.2, -0.15) is 0 Å². The van der Waals surface area contributed by atoms with Crippen LogP contribution in [0.2, 0.25) is 0 Å². The van der Waals surface area contributed by atoms with Crippen molar-refractivity contribution in [1.82, 2.24) is 0 Å². The molecule has 0 amide bonds. The van der Waals surface area contributed by atoms with Crippen molar-refractivity contribution in [2.24, 2.45) is 0 Å². The van der Waals surface area contributed by atoms with Gasteiger partial charge in [0.25, 0.3) is 0 Å². The Hall–Kier alpha value is -1.35. The quantitative estimate of drug-likeness (QED) is 0.717. The van der Waals surface area contributed by atoms with Gasteiger partial charge in [0.2, 0.25) is 0 Å². The maximum Gasteiger partial charge on any atom is 0.150 e. The number of aliphatic hydroxyl groups is 1. The predicted octanol–water partition coefficient (Wildman–Crippen LogP) is 1.32. The number of benzene rings is 1. The van der Waals surface area contributed by atoms with Gasteiger partial charge in [-0.3, -0.25) is 4.79 Å². The standard InChI is InChI=1S/C11H15NO2/c1-12(7-2-8-13)11-5-3-10(9-14)4-6-11/h3-6,9,13H,2,7-8H2,1H3. The third kappa shape index (κ3) is 2.85. The van der Waals surface area contributed by atoms with Crippen LogP contribution in [0, 0.1) is 0 Å². The minimum absolute atomic E-state index is 0.205. The monoisotopic (exact) mass is 193 g/mol. The highest BCUT2D eigenvalue weighted by molar-refractivity contribution is 5.75. The first-order chi connectivity index (χ1) is 6.77. The molecule has 0 aromatic heterocycles. The number of hydrogen-bond donors (Lipinski definition) is 1. The Morgan fingerprint density at radius 2 is 2.00 bits per heavy atom. The molecule has 0 saturated carbocycles. The molecule has 0 heterocycles. The van der Waals surface area contributed by atoms with Crippen LogP contribution in [-0.4, -0.2) is 31.6 Å². The Kier molecular flexibility index (Phi) is 4.13. The SMILES string of the molecule is CN(CCCO)c1ccc(C=O)cc1. The maximum atomic E-state index is 10.4. The number of aldehydes is 1. The van der Waals surface area contributed by atoms with Gasteiger partial charge in [0.1, 0.15) is 6.29 Å². The second kappa shape index (κ2) is 5.40. The van der Waals surface area contributed by atoms with Crippen LogP contribution < -0.4 is 4.90 Å². The van der Waals surface area contributed by atoms with Crippen LogP contribution in [-0.2, 0) is 0 Å². The number of aliphatic hydroxyl groups excluding tert-OH is 1. The number of anilines is 1. The van der Waals surface area contributed by atoms with Gasteiger partial charge in [-0.05, 0) is 30.7 Å². The van der Waals surface area contributed by atoms with Crippen LogP contribution in [0.25, 0.3) is 0 Å². The topological polar surface area (TPSA) is 40.5 Å². The summed E-state index contributed by atoms with van der Waals surface area (Å²) in [7, 11) is 1.96. The molecule has 0 aliphatic rings. The van der Waals surface area contributed by atoms with Gasteiger partial charge in [-0.1, -0.05) is 0 Å². The molecule has 14 heavy (non-hydrogen) atoms. The van der Waals surface area contributed by atoms with Crippen molar-refractivity contribution < 1.29 is 9.90 Å². The van der Waals surface area contributed by atoms with E-state index in [0.717, 1.165) is 24.9 Å². The normalized spacial score (nSPS) is 9.86. The smallest absolute Gasteiger partial charge is 0.150 e. The van der Waals surface area contributed by atoms with E-state index in [1.54, 1.807) is 12.1 Å². The Morgan fingerprint density at radius 1 is 1.36 bits per heavy atom. The summed E-state index contributed by atoms with van der Waals surface area (Å²) in [6.07, 6.45) is 1.59. The van der Waals surface area contributed by atoms with Crippen LogP contribution in [0.1, 0.15) is 16.8 Å². The summed E-state index contributed by atoms with van der Waals surface area (Å²) in [5, 5.41) is 8.67. The third-order valence-corrected chi connectivity index (χ3v) is 2.12. The van der Waals surface area contributed by atoms with Crippen LogP contribution in [0.15, 0.2) is 24.3 Å². The van der Waals surface area contributed by atoms with E-state index in [4.69, 9.17) is 5.11 Å². The number of carbonyl (C=O) groups excluding carboxylic acids is 1. The lowest BCUT2D eigenvalue weighted by atomic mass is 10.2. The van der Waals surface area contributed by atoms with E-state index in [2.05, 4.69) is 0 Å². The van der Waals surface area contributed by atoms with Crippen LogP contribution in [0.4, 0.5) is 5.69 Å². The average Bonchev–Trinajstić information content (AvgIpc) is 2.26. The molecule has 1 aromatic carbocycles. The van der Waals surface area contributed by atoms with Crippen LogP contribution in [0.3, 0.4) is 0 Å². The Morgan fingerprint density at radius 3 is 2.50 bits per heavy atom. The van der Waals surface area contributed by atoms with E-state index in [0.29, 0.717) is 5.56 Å². The molecule has 1 aromatic rings. The molecule has 0 aliphatic heterocycles. The Balaban J connectivity index is 2.61. The van der Waals surface area contributed by atoms with Gasteiger partial charge in [-0.15, -0.1) is 0 Å². The summed E-state index contributed by atoms with van der Waals surface area (Å²) in [5.74, 6) is 0. The molecule has 0 aliphatic carbocycles. The molecule has 0 saturated heterocycles. The zero-order valence-electron chi connectivity index (χ0n) is 8.31. The maximum absolute atomic E-state index is 10.4. The minimum Gasteiger partial charge on any atom is -0.396 e. The number of hydrogen-bond acceptors (Lipinski definition) is 3. The Labute approximate surface area is 84.0 Å². The number of rotatable bonds is 5. The molecule has 1 rings (SSSR count). The van der Waals surface area contributed by atoms with Crippen molar-refractivity contribution >= 4 is 12.0 Å². The molecule has 76 valence electrons. The first kappa shape index (κ1) is 10.7. The molecule has 0 unspecified atom stereocenters. The number of nitrogens with zero attached hydrogens (tertiary/aromatic N) is 1. The summed E-state index contributed by atoms with van der Waals surface area (Å²) in [5.41, 5.74) is 1.74. The zero-order valence-corrected chi connectivity index (χ0v) is 8.31. The average molecular weight is 193 g/mol. The van der Waals surface area contributed by atoms with Gasteiger partial charge in [0, 0.05) is 31.5 Å². The van der Waals surface area contributed by atoms with Crippen LogP contribution >= 0.6 is 0 Å². The third-order valence-electron chi connectivity index (χ3n) is 2.12. The fourth-order valence-corrected chi connectivity index (χ4v) is 1.24. The zero-order chi connectivity index (χ0) is 10.4. The summed E-state index contributed by atoms with van der Waals surface area (Å²) >= 11 is 0. The van der Waals surface area contributed by atoms with Crippen molar-refractivity contribution in [3.05, 3.63) is 29.8 Å². The van der Waals surface area contributed by atoms with Gasteiger partial charge < -0.3 is 10.0 Å². The molecule has 0 radical (unpaired) electrons. The lowest BCUT2D eigenvalue weighted by Crippen LogP contribution is -2.19. The molecule has 0 bridgehead atoms. The molecule has 3 nitrogen and oxygen atoms in total.